The Kier molecular flexibility index (Phi) is 4.97. The molecule has 1 aromatic heterocycles. The number of nitrogens with zero attached hydrogens (tertiary/aromatic N) is 1. The zero-order valence-electron chi connectivity index (χ0n) is 13.5. The second-order valence-corrected chi connectivity index (χ2v) is 6.89. The second-order valence-electron chi connectivity index (χ2n) is 5.94. The van der Waals surface area contributed by atoms with Gasteiger partial charge >= 0.3 is 0 Å². The Labute approximate surface area is 145 Å². The fourth-order valence-electron chi connectivity index (χ4n) is 2.87. The molecule has 1 aliphatic heterocycles. The van der Waals surface area contributed by atoms with E-state index >= 15 is 0 Å². The van der Waals surface area contributed by atoms with Crippen LogP contribution in [0, 0.1) is 0 Å². The molecule has 0 spiro atoms. The van der Waals surface area contributed by atoms with Crippen LogP contribution < -0.4 is 5.73 Å². The summed E-state index contributed by atoms with van der Waals surface area (Å²) in [7, 11) is 1.76. The molecule has 2 N–H and O–H groups in total. The molecule has 0 aliphatic carbocycles. The molecular weight excluding hydrogens is 324 g/mol. The largest absolute Gasteiger partial charge is 0.372 e. The van der Waals surface area contributed by atoms with Crippen LogP contribution in [0.5, 0.6) is 0 Å². The molecule has 1 atom stereocenters. The van der Waals surface area contributed by atoms with Crippen LogP contribution in [0.3, 0.4) is 0 Å². The number of nitrogens with two attached hydrogens (primary N) is 1. The Morgan fingerprint density at radius 1 is 1.38 bits per heavy atom. The van der Waals surface area contributed by atoms with E-state index in [4.69, 9.17) is 10.5 Å². The number of amides is 2. The lowest BCUT2D eigenvalue weighted by molar-refractivity contribution is -0.133. The van der Waals surface area contributed by atoms with Crippen LogP contribution in [0.25, 0.3) is 0 Å². The van der Waals surface area contributed by atoms with Crippen LogP contribution in [-0.4, -0.2) is 30.4 Å². The fraction of sp³-hybridized carbons (Fsp3) is 0.333. The van der Waals surface area contributed by atoms with Gasteiger partial charge in [0.1, 0.15) is 6.10 Å². The van der Waals surface area contributed by atoms with Crippen molar-refractivity contribution in [1.29, 1.82) is 0 Å². The van der Waals surface area contributed by atoms with E-state index < -0.39 is 5.91 Å². The summed E-state index contributed by atoms with van der Waals surface area (Å²) in [4.78, 5) is 26.6. The highest BCUT2D eigenvalue weighted by molar-refractivity contribution is 7.10. The Hall–Kier alpha value is -2.18. The average Bonchev–Trinajstić information content (AvgIpc) is 3.04. The molecular formula is C18H20N2O3S. The minimum atomic E-state index is -0.466. The van der Waals surface area contributed by atoms with Gasteiger partial charge in [0.25, 0.3) is 0 Å². The van der Waals surface area contributed by atoms with Gasteiger partial charge in [0, 0.05) is 24.0 Å². The standard InChI is InChI=1S/C18H20N2O3S/c1-20(11-12-3-2-4-14(9-12)18(19)22)16(21)10-15-17-13(5-7-23-15)6-8-24-17/h2-4,6,8-9,15H,5,7,10-11H2,1H3,(H2,19,22). The first-order valence-electron chi connectivity index (χ1n) is 7.85. The molecule has 2 heterocycles. The van der Waals surface area contributed by atoms with Crippen molar-refractivity contribution in [2.45, 2.75) is 25.5 Å². The van der Waals surface area contributed by atoms with Crippen molar-refractivity contribution in [1.82, 2.24) is 4.90 Å². The number of primary amides is 1. The van der Waals surface area contributed by atoms with E-state index in [0.717, 1.165) is 12.0 Å². The summed E-state index contributed by atoms with van der Waals surface area (Å²) < 4.78 is 5.79. The monoisotopic (exact) mass is 344 g/mol. The van der Waals surface area contributed by atoms with Crippen LogP contribution >= 0.6 is 11.3 Å². The average molecular weight is 344 g/mol. The normalized spacial score (nSPS) is 16.5. The molecule has 5 nitrogen and oxygen atoms in total. The van der Waals surface area contributed by atoms with Crippen molar-refractivity contribution < 1.29 is 14.3 Å². The molecule has 2 amide bonds. The van der Waals surface area contributed by atoms with Crippen LogP contribution in [-0.2, 0) is 22.5 Å². The predicted octanol–water partition coefficient (Wildman–Crippen LogP) is 2.51. The van der Waals surface area contributed by atoms with Gasteiger partial charge in [-0.1, -0.05) is 12.1 Å². The van der Waals surface area contributed by atoms with Gasteiger partial charge in [-0.15, -0.1) is 11.3 Å². The Balaban J connectivity index is 1.64. The maximum Gasteiger partial charge on any atom is 0.248 e. The topological polar surface area (TPSA) is 72.6 Å². The van der Waals surface area contributed by atoms with E-state index in [1.54, 1.807) is 41.5 Å². The third-order valence-electron chi connectivity index (χ3n) is 4.18. The van der Waals surface area contributed by atoms with Crippen molar-refractivity contribution in [2.24, 2.45) is 5.73 Å². The summed E-state index contributed by atoms with van der Waals surface area (Å²) in [6.07, 6.45) is 1.10. The minimum Gasteiger partial charge on any atom is -0.372 e. The molecule has 2 aromatic rings. The maximum absolute atomic E-state index is 12.5. The van der Waals surface area contributed by atoms with Crippen LogP contribution in [0.15, 0.2) is 35.7 Å². The molecule has 0 saturated heterocycles. The second kappa shape index (κ2) is 7.15. The van der Waals surface area contributed by atoms with Gasteiger partial charge in [-0.05, 0) is 41.1 Å². The number of ether oxygens (including phenoxy) is 1. The Bertz CT molecular complexity index is 756. The molecule has 0 radical (unpaired) electrons. The quantitative estimate of drug-likeness (QED) is 0.906. The number of hydrogen-bond donors (Lipinski definition) is 1. The fourth-order valence-corrected chi connectivity index (χ4v) is 3.88. The van der Waals surface area contributed by atoms with E-state index in [0.29, 0.717) is 25.1 Å². The van der Waals surface area contributed by atoms with Crippen molar-refractivity contribution in [3.8, 4) is 0 Å². The molecule has 0 saturated carbocycles. The van der Waals surface area contributed by atoms with E-state index in [2.05, 4.69) is 11.4 Å². The van der Waals surface area contributed by atoms with Gasteiger partial charge in [0.2, 0.25) is 11.8 Å². The van der Waals surface area contributed by atoms with Gasteiger partial charge < -0.3 is 15.4 Å². The number of thiophene rings is 1. The van der Waals surface area contributed by atoms with Crippen LogP contribution in [0.1, 0.15) is 38.9 Å². The number of hydrogen-bond acceptors (Lipinski definition) is 4. The van der Waals surface area contributed by atoms with E-state index in [1.807, 2.05) is 6.07 Å². The summed E-state index contributed by atoms with van der Waals surface area (Å²) in [5.74, 6) is -0.447. The molecule has 6 heteroatoms. The third-order valence-corrected chi connectivity index (χ3v) is 5.23. The summed E-state index contributed by atoms with van der Waals surface area (Å²) in [6.45, 7) is 1.09. The lowest BCUT2D eigenvalue weighted by Gasteiger charge is -2.25. The van der Waals surface area contributed by atoms with Gasteiger partial charge in [-0.2, -0.15) is 0 Å². The molecule has 1 aromatic carbocycles. The molecule has 3 rings (SSSR count). The first kappa shape index (κ1) is 16.7. The SMILES string of the molecule is CN(Cc1cccc(C(N)=O)c1)C(=O)CC1OCCc2ccsc21. The lowest BCUT2D eigenvalue weighted by Crippen LogP contribution is -2.29. The molecule has 126 valence electrons. The van der Waals surface area contributed by atoms with Crippen molar-refractivity contribution >= 4 is 23.2 Å². The van der Waals surface area contributed by atoms with E-state index in [-0.39, 0.29) is 12.0 Å². The molecule has 1 aliphatic rings. The Morgan fingerprint density at radius 2 is 2.21 bits per heavy atom. The smallest absolute Gasteiger partial charge is 0.248 e. The number of benzene rings is 1. The maximum atomic E-state index is 12.5. The molecule has 1 unspecified atom stereocenters. The predicted molar refractivity (Wildman–Crippen MR) is 92.8 cm³/mol. The summed E-state index contributed by atoms with van der Waals surface area (Å²) >= 11 is 1.65. The molecule has 0 fully saturated rings. The third kappa shape index (κ3) is 3.66. The van der Waals surface area contributed by atoms with Gasteiger partial charge in [0.05, 0.1) is 13.0 Å². The zero-order chi connectivity index (χ0) is 17.1. The molecule has 0 bridgehead atoms. The minimum absolute atomic E-state index is 0.0192. The number of rotatable bonds is 5. The number of fused-ring (bicyclic) bond motifs is 1. The van der Waals surface area contributed by atoms with Crippen LogP contribution in [0.4, 0.5) is 0 Å². The van der Waals surface area contributed by atoms with Gasteiger partial charge in [-0.3, -0.25) is 9.59 Å². The first-order chi connectivity index (χ1) is 11.5. The molecule has 24 heavy (non-hydrogen) atoms. The van der Waals surface area contributed by atoms with Gasteiger partial charge in [-0.25, -0.2) is 0 Å². The van der Waals surface area contributed by atoms with E-state index in [1.165, 1.54) is 10.4 Å². The Morgan fingerprint density at radius 3 is 3.00 bits per heavy atom. The lowest BCUT2D eigenvalue weighted by atomic mass is 10.0. The highest BCUT2D eigenvalue weighted by Crippen LogP contribution is 2.34. The highest BCUT2D eigenvalue weighted by atomic mass is 32.1. The van der Waals surface area contributed by atoms with E-state index in [9.17, 15) is 9.59 Å². The zero-order valence-corrected chi connectivity index (χ0v) is 14.3. The van der Waals surface area contributed by atoms with Gasteiger partial charge in [0.15, 0.2) is 0 Å². The number of carbonyl (C=O) groups is 2. The van der Waals surface area contributed by atoms with Crippen LogP contribution in [0.2, 0.25) is 0 Å². The van der Waals surface area contributed by atoms with Crippen molar-refractivity contribution in [2.75, 3.05) is 13.7 Å². The van der Waals surface area contributed by atoms with Crippen molar-refractivity contribution in [3.63, 3.8) is 0 Å². The highest BCUT2D eigenvalue weighted by Gasteiger charge is 2.26. The first-order valence-corrected chi connectivity index (χ1v) is 8.73. The summed E-state index contributed by atoms with van der Waals surface area (Å²) in [5.41, 5.74) is 7.92. The number of carbonyl (C=O) groups excluding carboxylic acids is 2. The summed E-state index contributed by atoms with van der Waals surface area (Å²) in [5, 5.41) is 2.05. The van der Waals surface area contributed by atoms with Crippen molar-refractivity contribution in [3.05, 3.63) is 57.3 Å². The summed E-state index contributed by atoms with van der Waals surface area (Å²) in [6, 6.07) is 9.15.